The van der Waals surface area contributed by atoms with Gasteiger partial charge in [0.05, 0.1) is 4.90 Å². The summed E-state index contributed by atoms with van der Waals surface area (Å²) in [5, 5.41) is 6.25. The van der Waals surface area contributed by atoms with Gasteiger partial charge in [-0.05, 0) is 50.6 Å². The Morgan fingerprint density at radius 1 is 1.29 bits per heavy atom. The molecule has 0 aliphatic carbocycles. The summed E-state index contributed by atoms with van der Waals surface area (Å²) < 4.78 is 23.7. The first kappa shape index (κ1) is 20.4. The van der Waals surface area contributed by atoms with Crippen LogP contribution in [0.5, 0.6) is 0 Å². The Kier molecular flexibility index (Phi) is 7.19. The molecule has 1 aromatic rings. The van der Waals surface area contributed by atoms with E-state index in [4.69, 9.17) is 5.73 Å². The van der Waals surface area contributed by atoms with Crippen molar-refractivity contribution in [3.8, 4) is 0 Å². The molecular weight excluding hydrogens is 354 g/mol. The third kappa shape index (κ3) is 5.19. The molecule has 4 N–H and O–H groups in total. The van der Waals surface area contributed by atoms with Crippen LogP contribution >= 0.6 is 12.4 Å². The average molecular weight is 376 g/mol. The molecule has 7 nitrogen and oxygen atoms in total. The Morgan fingerprint density at radius 3 is 2.46 bits per heavy atom. The average Bonchev–Trinajstić information content (AvgIpc) is 2.48. The molecule has 0 saturated carbocycles. The summed E-state index contributed by atoms with van der Waals surface area (Å²) in [7, 11) is -3.75. The van der Waals surface area contributed by atoms with Crippen molar-refractivity contribution in [1.82, 2.24) is 10.6 Å². The van der Waals surface area contributed by atoms with E-state index >= 15 is 0 Å². The van der Waals surface area contributed by atoms with Crippen molar-refractivity contribution in [3.05, 3.63) is 29.8 Å². The largest absolute Gasteiger partial charge is 0.369 e. The van der Waals surface area contributed by atoms with Gasteiger partial charge in [-0.1, -0.05) is 0 Å². The Balaban J connectivity index is 0.00000288. The molecule has 134 valence electrons. The zero-order chi connectivity index (χ0) is 17.0. The van der Waals surface area contributed by atoms with E-state index in [0.717, 1.165) is 19.4 Å². The number of amides is 2. The molecule has 24 heavy (non-hydrogen) atoms. The van der Waals surface area contributed by atoms with Crippen molar-refractivity contribution in [2.45, 2.75) is 36.7 Å². The lowest BCUT2D eigenvalue weighted by Crippen LogP contribution is -2.51. The third-order valence-corrected chi connectivity index (χ3v) is 5.54. The van der Waals surface area contributed by atoms with E-state index in [9.17, 15) is 18.0 Å². The summed E-state index contributed by atoms with van der Waals surface area (Å²) in [5.74, 6) is -1.90. The number of halogens is 1. The van der Waals surface area contributed by atoms with Gasteiger partial charge in [-0.25, -0.2) is 8.42 Å². The number of nitrogens with one attached hydrogen (secondary N) is 2. The van der Waals surface area contributed by atoms with Crippen LogP contribution in [0.1, 0.15) is 30.1 Å². The fraction of sp³-hybridized carbons (Fsp3) is 0.467. The highest BCUT2D eigenvalue weighted by Crippen LogP contribution is 2.14. The van der Waals surface area contributed by atoms with E-state index in [1.807, 2.05) is 6.92 Å². The maximum atomic E-state index is 12.2. The minimum Gasteiger partial charge on any atom is -0.369 e. The zero-order valence-electron chi connectivity index (χ0n) is 13.3. The number of rotatable bonds is 5. The van der Waals surface area contributed by atoms with E-state index in [-0.39, 0.29) is 35.3 Å². The van der Waals surface area contributed by atoms with Gasteiger partial charge >= 0.3 is 0 Å². The quantitative estimate of drug-likeness (QED) is 0.681. The summed E-state index contributed by atoms with van der Waals surface area (Å²) in [5.41, 5.74) is 5.30. The molecule has 1 saturated heterocycles. The van der Waals surface area contributed by atoms with Gasteiger partial charge in [-0.2, -0.15) is 0 Å². The highest BCUT2D eigenvalue weighted by atomic mass is 35.5. The lowest BCUT2D eigenvalue weighted by Gasteiger charge is -2.30. The minimum absolute atomic E-state index is 0. The Labute approximate surface area is 147 Å². The van der Waals surface area contributed by atoms with Crippen LogP contribution in [0.25, 0.3) is 0 Å². The molecule has 2 amide bonds. The van der Waals surface area contributed by atoms with Crippen LogP contribution in [0.15, 0.2) is 29.2 Å². The van der Waals surface area contributed by atoms with Crippen molar-refractivity contribution in [2.75, 3.05) is 12.3 Å². The summed E-state index contributed by atoms with van der Waals surface area (Å²) in [6.45, 7) is 2.96. The molecule has 9 heteroatoms. The van der Waals surface area contributed by atoms with Gasteiger partial charge in [0.15, 0.2) is 9.84 Å². The van der Waals surface area contributed by atoms with E-state index in [1.54, 1.807) is 0 Å². The fourth-order valence-electron chi connectivity index (χ4n) is 2.58. The molecule has 0 bridgehead atoms. The second-order valence-electron chi connectivity index (χ2n) is 5.71. The molecule has 1 aromatic carbocycles. The van der Waals surface area contributed by atoms with Crippen LogP contribution in [0, 0.1) is 0 Å². The number of carbonyl (C=O) groups is 2. The molecule has 1 fully saturated rings. The number of benzene rings is 1. The van der Waals surface area contributed by atoms with Gasteiger partial charge in [0.1, 0.15) is 5.75 Å². The van der Waals surface area contributed by atoms with E-state index < -0.39 is 21.5 Å². The highest BCUT2D eigenvalue weighted by molar-refractivity contribution is 7.92. The SMILES string of the molecule is CC1NCCCC1NC(=O)c1ccc(S(=O)(=O)CC(N)=O)cc1.Cl. The first-order chi connectivity index (χ1) is 10.8. The highest BCUT2D eigenvalue weighted by Gasteiger charge is 2.23. The Morgan fingerprint density at radius 2 is 1.92 bits per heavy atom. The lowest BCUT2D eigenvalue weighted by molar-refractivity contribution is -0.115. The molecule has 0 spiro atoms. The van der Waals surface area contributed by atoms with Crippen LogP contribution in [0.4, 0.5) is 0 Å². The topological polar surface area (TPSA) is 118 Å². The second kappa shape index (κ2) is 8.46. The van der Waals surface area contributed by atoms with Crippen LogP contribution in [0.2, 0.25) is 0 Å². The maximum Gasteiger partial charge on any atom is 0.251 e. The van der Waals surface area contributed by atoms with Crippen molar-refractivity contribution in [1.29, 1.82) is 0 Å². The predicted molar refractivity (Wildman–Crippen MR) is 92.9 cm³/mol. The maximum absolute atomic E-state index is 12.2. The van der Waals surface area contributed by atoms with Crippen molar-refractivity contribution < 1.29 is 18.0 Å². The van der Waals surface area contributed by atoms with Gasteiger partial charge < -0.3 is 16.4 Å². The van der Waals surface area contributed by atoms with Crippen molar-refractivity contribution in [2.24, 2.45) is 5.73 Å². The van der Waals surface area contributed by atoms with E-state index in [0.29, 0.717) is 5.56 Å². The van der Waals surface area contributed by atoms with Crippen LogP contribution in [0.3, 0.4) is 0 Å². The summed E-state index contributed by atoms with van der Waals surface area (Å²) in [6.07, 6.45) is 1.91. The molecule has 2 unspecified atom stereocenters. The van der Waals surface area contributed by atoms with Crippen LogP contribution < -0.4 is 16.4 Å². The smallest absolute Gasteiger partial charge is 0.251 e. The fourth-order valence-corrected chi connectivity index (χ4v) is 3.67. The monoisotopic (exact) mass is 375 g/mol. The summed E-state index contributed by atoms with van der Waals surface area (Å²) in [6, 6.07) is 5.75. The molecule has 1 aliphatic heterocycles. The van der Waals surface area contributed by atoms with Gasteiger partial charge in [-0.15, -0.1) is 12.4 Å². The third-order valence-electron chi connectivity index (χ3n) is 3.89. The second-order valence-corrected chi connectivity index (χ2v) is 7.70. The number of primary amides is 1. The number of nitrogens with two attached hydrogens (primary N) is 1. The summed E-state index contributed by atoms with van der Waals surface area (Å²) in [4.78, 5) is 23.0. The molecule has 0 aromatic heterocycles. The van der Waals surface area contributed by atoms with Gasteiger partial charge in [0.25, 0.3) is 5.91 Å². The predicted octanol–water partition coefficient (Wildman–Crippen LogP) is 0.238. The molecule has 1 heterocycles. The Bertz CT molecular complexity index is 691. The molecular formula is C15H22ClN3O4S. The van der Waals surface area contributed by atoms with E-state index in [2.05, 4.69) is 10.6 Å². The molecule has 2 rings (SSSR count). The van der Waals surface area contributed by atoms with Crippen LogP contribution in [-0.2, 0) is 14.6 Å². The van der Waals surface area contributed by atoms with Crippen molar-refractivity contribution in [3.63, 3.8) is 0 Å². The first-order valence-corrected chi connectivity index (χ1v) is 9.10. The normalized spacial score (nSPS) is 20.7. The molecule has 1 aliphatic rings. The Hall–Kier alpha value is -1.64. The van der Waals surface area contributed by atoms with Crippen molar-refractivity contribution >= 4 is 34.1 Å². The zero-order valence-corrected chi connectivity index (χ0v) is 15.0. The number of sulfone groups is 1. The van der Waals surface area contributed by atoms with Gasteiger partial charge in [-0.3, -0.25) is 9.59 Å². The lowest BCUT2D eigenvalue weighted by atomic mass is 9.99. The van der Waals surface area contributed by atoms with Crippen LogP contribution in [-0.4, -0.2) is 44.6 Å². The summed E-state index contributed by atoms with van der Waals surface area (Å²) >= 11 is 0. The van der Waals surface area contributed by atoms with Gasteiger partial charge in [0.2, 0.25) is 5.91 Å². The number of piperidine rings is 1. The van der Waals surface area contributed by atoms with Gasteiger partial charge in [0, 0.05) is 17.6 Å². The van der Waals surface area contributed by atoms with E-state index in [1.165, 1.54) is 24.3 Å². The number of hydrogen-bond acceptors (Lipinski definition) is 5. The first-order valence-electron chi connectivity index (χ1n) is 7.45. The number of hydrogen-bond donors (Lipinski definition) is 3. The standard InChI is InChI=1S/C15H21N3O4S.ClH/c1-10-13(3-2-8-17-10)18-15(20)11-4-6-12(7-5-11)23(21,22)9-14(16)19;/h4-7,10,13,17H,2-3,8-9H2,1H3,(H2,16,19)(H,18,20);1H. The molecule has 0 radical (unpaired) electrons. The number of carbonyl (C=O) groups excluding carboxylic acids is 2. The minimum atomic E-state index is -3.75. The molecule has 2 atom stereocenters.